The molecule has 0 spiro atoms. The molecule has 5 heteroatoms. The molecule has 1 aliphatic rings. The van der Waals surface area contributed by atoms with Gasteiger partial charge < -0.3 is 15.7 Å². The third kappa shape index (κ3) is 3.57. The Morgan fingerprint density at radius 1 is 1.40 bits per heavy atom. The lowest BCUT2D eigenvalue weighted by molar-refractivity contribution is -0.142. The van der Waals surface area contributed by atoms with E-state index in [0.717, 1.165) is 18.5 Å². The van der Waals surface area contributed by atoms with E-state index >= 15 is 0 Å². The first-order valence-electron chi connectivity index (χ1n) is 6.88. The van der Waals surface area contributed by atoms with Crippen molar-refractivity contribution in [1.29, 1.82) is 0 Å². The minimum absolute atomic E-state index is 0.224. The van der Waals surface area contributed by atoms with Gasteiger partial charge in [0, 0.05) is 6.42 Å². The maximum absolute atomic E-state index is 12.1. The van der Waals surface area contributed by atoms with Gasteiger partial charge in [-0.3, -0.25) is 4.79 Å². The van der Waals surface area contributed by atoms with E-state index in [-0.39, 0.29) is 17.9 Å². The van der Waals surface area contributed by atoms with E-state index in [9.17, 15) is 14.7 Å². The zero-order valence-corrected chi connectivity index (χ0v) is 11.5. The summed E-state index contributed by atoms with van der Waals surface area (Å²) < 4.78 is 0. The predicted molar refractivity (Wildman–Crippen MR) is 75.3 cm³/mol. The first kappa shape index (κ1) is 14.5. The number of carbonyl (C=O) groups excluding carboxylic acids is 1. The summed E-state index contributed by atoms with van der Waals surface area (Å²) in [7, 11) is 0. The Balaban J connectivity index is 1.99. The van der Waals surface area contributed by atoms with Gasteiger partial charge in [-0.25, -0.2) is 4.79 Å². The van der Waals surface area contributed by atoms with Crippen molar-refractivity contribution >= 4 is 11.9 Å². The summed E-state index contributed by atoms with van der Waals surface area (Å²) in [5.41, 5.74) is 0.896. The van der Waals surface area contributed by atoms with Crippen LogP contribution in [0.5, 0.6) is 0 Å². The number of nitrogens with one attached hydrogen (secondary N) is 2. The van der Waals surface area contributed by atoms with Gasteiger partial charge in [-0.05, 0) is 24.4 Å². The van der Waals surface area contributed by atoms with Gasteiger partial charge in [0.2, 0.25) is 5.91 Å². The molecule has 1 aliphatic heterocycles. The van der Waals surface area contributed by atoms with E-state index in [1.54, 1.807) is 0 Å². The summed E-state index contributed by atoms with van der Waals surface area (Å²) in [6, 6.07) is 8.14. The quantitative estimate of drug-likeness (QED) is 0.743. The van der Waals surface area contributed by atoms with Crippen LogP contribution in [0.4, 0.5) is 0 Å². The Morgan fingerprint density at radius 2 is 2.10 bits per heavy atom. The Hall–Kier alpha value is -1.88. The molecule has 2 rings (SSSR count). The highest BCUT2D eigenvalue weighted by Crippen LogP contribution is 2.14. The predicted octanol–water partition coefficient (Wildman–Crippen LogP) is 0.796. The fourth-order valence-electron chi connectivity index (χ4n) is 2.50. The molecular formula is C15H20N2O3. The van der Waals surface area contributed by atoms with Crippen molar-refractivity contribution in [3.05, 3.63) is 35.9 Å². The molecule has 0 aliphatic carbocycles. The first-order valence-corrected chi connectivity index (χ1v) is 6.88. The SMILES string of the molecule is CC1CCNC1C(=O)NC(Cc1ccccc1)C(=O)O. The van der Waals surface area contributed by atoms with Crippen molar-refractivity contribution < 1.29 is 14.7 Å². The van der Waals surface area contributed by atoms with Crippen LogP contribution in [0.2, 0.25) is 0 Å². The van der Waals surface area contributed by atoms with Crippen LogP contribution in [0, 0.1) is 5.92 Å². The minimum atomic E-state index is -1.01. The lowest BCUT2D eigenvalue weighted by Gasteiger charge is -2.20. The second kappa shape index (κ2) is 6.52. The molecule has 0 bridgehead atoms. The summed E-state index contributed by atoms with van der Waals surface area (Å²) in [5, 5.41) is 15.0. The molecule has 1 saturated heterocycles. The van der Waals surface area contributed by atoms with Crippen molar-refractivity contribution in [1.82, 2.24) is 10.6 Å². The number of hydrogen-bond donors (Lipinski definition) is 3. The van der Waals surface area contributed by atoms with Crippen molar-refractivity contribution in [3.63, 3.8) is 0 Å². The third-order valence-corrected chi connectivity index (χ3v) is 3.71. The number of hydrogen-bond acceptors (Lipinski definition) is 3. The van der Waals surface area contributed by atoms with E-state index in [4.69, 9.17) is 0 Å². The van der Waals surface area contributed by atoms with Crippen LogP contribution in [0.25, 0.3) is 0 Å². The van der Waals surface area contributed by atoms with E-state index in [0.29, 0.717) is 6.42 Å². The summed E-state index contributed by atoms with van der Waals surface area (Å²) in [4.78, 5) is 23.4. The highest BCUT2D eigenvalue weighted by atomic mass is 16.4. The molecule has 1 aromatic rings. The molecule has 3 atom stereocenters. The normalized spacial score (nSPS) is 23.2. The van der Waals surface area contributed by atoms with Gasteiger partial charge in [0.1, 0.15) is 6.04 Å². The number of carbonyl (C=O) groups is 2. The molecule has 1 aromatic carbocycles. The van der Waals surface area contributed by atoms with E-state index in [2.05, 4.69) is 10.6 Å². The van der Waals surface area contributed by atoms with Crippen LogP contribution in [-0.2, 0) is 16.0 Å². The van der Waals surface area contributed by atoms with Crippen LogP contribution in [0.3, 0.4) is 0 Å². The van der Waals surface area contributed by atoms with Gasteiger partial charge in [-0.15, -0.1) is 0 Å². The summed E-state index contributed by atoms with van der Waals surface area (Å²) in [6.07, 6.45) is 1.23. The topological polar surface area (TPSA) is 78.4 Å². The number of benzene rings is 1. The standard InChI is InChI=1S/C15H20N2O3/c1-10-7-8-16-13(10)14(18)17-12(15(19)20)9-11-5-3-2-4-6-11/h2-6,10,12-13,16H,7-9H2,1H3,(H,17,18)(H,19,20). The lowest BCUT2D eigenvalue weighted by atomic mass is 10.0. The van der Waals surface area contributed by atoms with Gasteiger partial charge in [0.05, 0.1) is 6.04 Å². The van der Waals surface area contributed by atoms with Crippen LogP contribution in [0.1, 0.15) is 18.9 Å². The Bertz CT molecular complexity index is 475. The molecule has 1 amide bonds. The Morgan fingerprint density at radius 3 is 2.65 bits per heavy atom. The second-order valence-electron chi connectivity index (χ2n) is 5.29. The van der Waals surface area contributed by atoms with E-state index < -0.39 is 12.0 Å². The van der Waals surface area contributed by atoms with Gasteiger partial charge in [0.15, 0.2) is 0 Å². The fraction of sp³-hybridized carbons (Fsp3) is 0.467. The first-order chi connectivity index (χ1) is 9.58. The maximum atomic E-state index is 12.1. The smallest absolute Gasteiger partial charge is 0.326 e. The lowest BCUT2D eigenvalue weighted by Crippen LogP contribution is -2.50. The van der Waals surface area contributed by atoms with E-state index in [1.165, 1.54) is 0 Å². The molecule has 0 saturated carbocycles. The molecule has 3 N–H and O–H groups in total. The van der Waals surface area contributed by atoms with Gasteiger partial charge in [-0.1, -0.05) is 37.3 Å². The van der Waals surface area contributed by atoms with Gasteiger partial charge in [0.25, 0.3) is 0 Å². The van der Waals surface area contributed by atoms with Crippen molar-refractivity contribution in [2.24, 2.45) is 5.92 Å². The third-order valence-electron chi connectivity index (χ3n) is 3.71. The van der Waals surface area contributed by atoms with Gasteiger partial charge in [-0.2, -0.15) is 0 Å². The molecular weight excluding hydrogens is 256 g/mol. The highest BCUT2D eigenvalue weighted by molar-refractivity contribution is 5.87. The van der Waals surface area contributed by atoms with Gasteiger partial charge >= 0.3 is 5.97 Å². The zero-order chi connectivity index (χ0) is 14.5. The van der Waals surface area contributed by atoms with Crippen LogP contribution >= 0.6 is 0 Å². The molecule has 5 nitrogen and oxygen atoms in total. The Kier molecular flexibility index (Phi) is 4.74. The molecule has 1 fully saturated rings. The van der Waals surface area contributed by atoms with E-state index in [1.807, 2.05) is 37.3 Å². The monoisotopic (exact) mass is 276 g/mol. The van der Waals surface area contributed by atoms with Crippen molar-refractivity contribution in [2.45, 2.75) is 31.8 Å². The minimum Gasteiger partial charge on any atom is -0.480 e. The molecule has 20 heavy (non-hydrogen) atoms. The molecule has 3 unspecified atom stereocenters. The fourth-order valence-corrected chi connectivity index (χ4v) is 2.50. The molecule has 0 radical (unpaired) electrons. The highest BCUT2D eigenvalue weighted by Gasteiger charge is 2.31. The van der Waals surface area contributed by atoms with Crippen molar-refractivity contribution in [3.8, 4) is 0 Å². The number of carboxylic acids is 1. The zero-order valence-electron chi connectivity index (χ0n) is 11.5. The van der Waals surface area contributed by atoms with Crippen molar-refractivity contribution in [2.75, 3.05) is 6.54 Å². The summed E-state index contributed by atoms with van der Waals surface area (Å²) >= 11 is 0. The number of aliphatic carboxylic acids is 1. The van der Waals surface area contributed by atoms with Crippen LogP contribution in [-0.4, -0.2) is 35.6 Å². The van der Waals surface area contributed by atoms with Crippen LogP contribution < -0.4 is 10.6 Å². The molecule has 1 heterocycles. The molecule has 108 valence electrons. The number of carboxylic acid groups (broad SMARTS) is 1. The van der Waals surface area contributed by atoms with Crippen LogP contribution in [0.15, 0.2) is 30.3 Å². The largest absolute Gasteiger partial charge is 0.480 e. The number of rotatable bonds is 5. The second-order valence-corrected chi connectivity index (χ2v) is 5.29. The maximum Gasteiger partial charge on any atom is 0.326 e. The number of amides is 1. The summed E-state index contributed by atoms with van der Waals surface area (Å²) in [6.45, 7) is 2.80. The molecule has 0 aromatic heterocycles. The average Bonchev–Trinajstić information content (AvgIpc) is 2.85. The average molecular weight is 276 g/mol. The Labute approximate surface area is 118 Å². The summed E-state index contributed by atoms with van der Waals surface area (Å²) in [5.74, 6) is -0.993.